The highest BCUT2D eigenvalue weighted by Gasteiger charge is 2.23. The molecule has 0 aliphatic carbocycles. The molecule has 2 aromatic rings. The van der Waals surface area contributed by atoms with Crippen LogP contribution in [-0.2, 0) is 11.2 Å². The van der Waals surface area contributed by atoms with Gasteiger partial charge in [0.25, 0.3) is 5.69 Å². The van der Waals surface area contributed by atoms with E-state index < -0.39 is 11.0 Å². The average Bonchev–Trinajstić information content (AvgIpc) is 2.55. The first-order chi connectivity index (χ1) is 11.4. The number of carbonyl (C=O) groups is 1. The molecule has 126 valence electrons. The monoisotopic (exact) mass is 348 g/mol. The van der Waals surface area contributed by atoms with Crippen molar-refractivity contribution in [2.24, 2.45) is 0 Å². The second-order valence-corrected chi connectivity index (χ2v) is 5.81. The summed E-state index contributed by atoms with van der Waals surface area (Å²) in [4.78, 5) is 28.0. The van der Waals surface area contributed by atoms with Crippen molar-refractivity contribution < 1.29 is 9.72 Å². The van der Waals surface area contributed by atoms with E-state index in [1.54, 1.807) is 14.1 Å². The van der Waals surface area contributed by atoms with E-state index in [2.05, 4.69) is 10.3 Å². The number of aromatic nitrogens is 1. The van der Waals surface area contributed by atoms with Gasteiger partial charge < -0.3 is 10.2 Å². The van der Waals surface area contributed by atoms with E-state index in [-0.39, 0.29) is 22.4 Å². The molecule has 8 heteroatoms. The van der Waals surface area contributed by atoms with Gasteiger partial charge in [0, 0.05) is 26.6 Å². The van der Waals surface area contributed by atoms with Crippen molar-refractivity contribution in [2.45, 2.75) is 12.5 Å². The van der Waals surface area contributed by atoms with Gasteiger partial charge in [-0.15, -0.1) is 0 Å². The Hall–Kier alpha value is -2.67. The quantitative estimate of drug-likeness (QED) is 0.640. The van der Waals surface area contributed by atoms with Crippen LogP contribution in [0.5, 0.6) is 0 Å². The van der Waals surface area contributed by atoms with Crippen molar-refractivity contribution in [3.63, 3.8) is 0 Å². The molecule has 0 bridgehead atoms. The van der Waals surface area contributed by atoms with Crippen molar-refractivity contribution >= 4 is 29.0 Å². The molecule has 1 atom stereocenters. The van der Waals surface area contributed by atoms with E-state index in [4.69, 9.17) is 11.6 Å². The number of amides is 1. The summed E-state index contributed by atoms with van der Waals surface area (Å²) in [6.07, 6.45) is 1.54. The summed E-state index contributed by atoms with van der Waals surface area (Å²) in [6, 6.07) is 10.1. The number of hydrogen-bond acceptors (Lipinski definition) is 5. The molecule has 2 rings (SSSR count). The highest BCUT2D eigenvalue weighted by Crippen LogP contribution is 2.25. The molecule has 0 saturated heterocycles. The Bertz CT molecular complexity index is 737. The maximum atomic E-state index is 12.4. The molecule has 1 aromatic heterocycles. The van der Waals surface area contributed by atoms with Crippen LogP contribution in [-0.4, -0.2) is 40.9 Å². The summed E-state index contributed by atoms with van der Waals surface area (Å²) >= 11 is 6.05. The van der Waals surface area contributed by atoms with Crippen molar-refractivity contribution in [1.82, 2.24) is 9.88 Å². The lowest BCUT2D eigenvalue weighted by atomic mass is 10.0. The summed E-state index contributed by atoms with van der Waals surface area (Å²) in [5.74, 6) is 0.0912. The van der Waals surface area contributed by atoms with Crippen LogP contribution < -0.4 is 5.32 Å². The van der Waals surface area contributed by atoms with E-state index in [1.807, 2.05) is 30.3 Å². The Labute approximate surface area is 144 Å². The Morgan fingerprint density at radius 1 is 1.38 bits per heavy atom. The number of pyridine rings is 1. The lowest BCUT2D eigenvalue weighted by Crippen LogP contribution is -2.40. The van der Waals surface area contributed by atoms with E-state index in [0.717, 1.165) is 11.8 Å². The zero-order valence-corrected chi connectivity index (χ0v) is 14.0. The summed E-state index contributed by atoms with van der Waals surface area (Å²) < 4.78 is 0. The lowest BCUT2D eigenvalue weighted by Gasteiger charge is -2.22. The standard InChI is InChI=1S/C16H17ClN4O3/c1-20(2)16(22)14(8-11-6-4-3-5-7-11)19-15-13(17)9-12(10-18-15)21(23)24/h3-7,9-10,14H,8H2,1-2H3,(H,18,19). The minimum absolute atomic E-state index is 0.0915. The zero-order valence-electron chi connectivity index (χ0n) is 13.3. The summed E-state index contributed by atoms with van der Waals surface area (Å²) in [6.45, 7) is 0. The largest absolute Gasteiger partial charge is 0.357 e. The fourth-order valence-corrected chi connectivity index (χ4v) is 2.38. The molecule has 1 N–H and O–H groups in total. The lowest BCUT2D eigenvalue weighted by molar-refractivity contribution is -0.385. The maximum Gasteiger partial charge on any atom is 0.289 e. The molecule has 0 aliphatic heterocycles. The number of halogens is 1. The van der Waals surface area contributed by atoms with Gasteiger partial charge in [-0.25, -0.2) is 4.98 Å². The summed E-state index contributed by atoms with van der Waals surface area (Å²) in [5, 5.41) is 13.8. The predicted molar refractivity (Wildman–Crippen MR) is 92.2 cm³/mol. The Balaban J connectivity index is 2.25. The molecule has 0 saturated carbocycles. The molecule has 0 fully saturated rings. The Kier molecular flexibility index (Phi) is 5.70. The van der Waals surface area contributed by atoms with Crippen LogP contribution in [0.15, 0.2) is 42.6 Å². The number of hydrogen-bond donors (Lipinski definition) is 1. The van der Waals surface area contributed by atoms with Gasteiger partial charge in [-0.05, 0) is 5.56 Å². The number of nitrogens with one attached hydrogen (secondary N) is 1. The van der Waals surface area contributed by atoms with Crippen molar-refractivity contribution in [3.8, 4) is 0 Å². The van der Waals surface area contributed by atoms with Crippen LogP contribution in [0.2, 0.25) is 5.02 Å². The van der Waals surface area contributed by atoms with Crippen molar-refractivity contribution in [2.75, 3.05) is 19.4 Å². The molecular formula is C16H17ClN4O3. The molecule has 1 amide bonds. The van der Waals surface area contributed by atoms with E-state index in [9.17, 15) is 14.9 Å². The number of anilines is 1. The fourth-order valence-electron chi connectivity index (χ4n) is 2.16. The molecule has 24 heavy (non-hydrogen) atoms. The van der Waals surface area contributed by atoms with Crippen molar-refractivity contribution in [3.05, 3.63) is 63.3 Å². The zero-order chi connectivity index (χ0) is 17.7. The number of benzene rings is 1. The van der Waals surface area contributed by atoms with Gasteiger partial charge in [-0.2, -0.15) is 0 Å². The van der Waals surface area contributed by atoms with Crippen LogP contribution in [0, 0.1) is 10.1 Å². The number of nitrogens with zero attached hydrogens (tertiary/aromatic N) is 3. The van der Waals surface area contributed by atoms with Gasteiger partial charge in [0.1, 0.15) is 18.1 Å². The number of rotatable bonds is 6. The van der Waals surface area contributed by atoms with Crippen LogP contribution >= 0.6 is 11.6 Å². The first kappa shape index (κ1) is 17.7. The minimum Gasteiger partial charge on any atom is -0.357 e. The van der Waals surface area contributed by atoms with Gasteiger partial charge in [-0.3, -0.25) is 14.9 Å². The van der Waals surface area contributed by atoms with Crippen molar-refractivity contribution in [1.29, 1.82) is 0 Å². The number of likely N-dealkylation sites (N-methyl/N-ethyl adjacent to an activating group) is 1. The topological polar surface area (TPSA) is 88.4 Å². The first-order valence-corrected chi connectivity index (χ1v) is 7.58. The van der Waals surface area contributed by atoms with E-state index in [1.165, 1.54) is 11.0 Å². The fraction of sp³-hybridized carbons (Fsp3) is 0.250. The predicted octanol–water partition coefficient (Wildman–Crippen LogP) is 2.75. The number of nitro groups is 1. The summed E-state index contributed by atoms with van der Waals surface area (Å²) in [7, 11) is 3.32. The van der Waals surface area contributed by atoms with Crippen LogP contribution in [0.4, 0.5) is 11.5 Å². The van der Waals surface area contributed by atoms with E-state index in [0.29, 0.717) is 6.42 Å². The summed E-state index contributed by atoms with van der Waals surface area (Å²) in [5.41, 5.74) is 0.771. The van der Waals surface area contributed by atoms with Gasteiger partial charge in [0.15, 0.2) is 0 Å². The average molecular weight is 349 g/mol. The molecule has 0 spiro atoms. The van der Waals surface area contributed by atoms with Crippen LogP contribution in [0.25, 0.3) is 0 Å². The second kappa shape index (κ2) is 7.74. The second-order valence-electron chi connectivity index (χ2n) is 5.40. The Morgan fingerprint density at radius 3 is 2.58 bits per heavy atom. The van der Waals surface area contributed by atoms with Crippen LogP contribution in [0.1, 0.15) is 5.56 Å². The third kappa shape index (κ3) is 4.42. The highest BCUT2D eigenvalue weighted by atomic mass is 35.5. The Morgan fingerprint density at radius 2 is 2.04 bits per heavy atom. The third-order valence-electron chi connectivity index (χ3n) is 3.37. The van der Waals surface area contributed by atoms with Gasteiger partial charge in [0.05, 0.1) is 9.95 Å². The van der Waals surface area contributed by atoms with Gasteiger partial charge >= 0.3 is 0 Å². The molecule has 7 nitrogen and oxygen atoms in total. The normalized spacial score (nSPS) is 11.6. The van der Waals surface area contributed by atoms with Crippen LogP contribution in [0.3, 0.4) is 0 Å². The SMILES string of the molecule is CN(C)C(=O)C(Cc1ccccc1)Nc1ncc([N+](=O)[O-])cc1Cl. The third-order valence-corrected chi connectivity index (χ3v) is 3.66. The molecule has 0 aliphatic rings. The first-order valence-electron chi connectivity index (χ1n) is 7.20. The smallest absolute Gasteiger partial charge is 0.289 e. The highest BCUT2D eigenvalue weighted by molar-refractivity contribution is 6.33. The molecule has 1 unspecified atom stereocenters. The molecule has 1 aromatic carbocycles. The molecular weight excluding hydrogens is 332 g/mol. The van der Waals surface area contributed by atoms with E-state index >= 15 is 0 Å². The van der Waals surface area contributed by atoms with Gasteiger partial charge in [-0.1, -0.05) is 41.9 Å². The maximum absolute atomic E-state index is 12.4. The molecule has 1 heterocycles. The van der Waals surface area contributed by atoms with Gasteiger partial charge in [0.2, 0.25) is 5.91 Å². The molecule has 0 radical (unpaired) electrons. The number of carbonyl (C=O) groups excluding carboxylic acids is 1. The minimum atomic E-state index is -0.589.